The molecule has 0 radical (unpaired) electrons. The van der Waals surface area contributed by atoms with Gasteiger partial charge in [0.1, 0.15) is 0 Å². The zero-order valence-electron chi connectivity index (χ0n) is 11.9. The minimum atomic E-state index is -0.0181. The van der Waals surface area contributed by atoms with Crippen molar-refractivity contribution in [3.63, 3.8) is 0 Å². The minimum Gasteiger partial charge on any atom is -0.493 e. The molecule has 0 amide bonds. The molecule has 0 N–H and O–H groups in total. The first kappa shape index (κ1) is 14.3. The predicted octanol–water partition coefficient (Wildman–Crippen LogP) is 5.07. The smallest absolute Gasteiger partial charge is 0.162 e. The molecule has 1 aromatic carbocycles. The molecule has 0 aromatic heterocycles. The van der Waals surface area contributed by atoms with Crippen LogP contribution < -0.4 is 9.47 Å². The van der Waals surface area contributed by atoms with Gasteiger partial charge < -0.3 is 9.47 Å². The summed E-state index contributed by atoms with van der Waals surface area (Å²) in [4.78, 5) is 0. The Morgan fingerprint density at radius 3 is 2.15 bits per heavy atom. The second-order valence-electron chi connectivity index (χ2n) is 5.82. The lowest BCUT2D eigenvalue weighted by Crippen LogP contribution is -2.00. The number of halogens is 2. The monoisotopic (exact) mass is 314 g/mol. The van der Waals surface area contributed by atoms with Crippen LogP contribution in [0, 0.1) is 17.8 Å². The van der Waals surface area contributed by atoms with Crippen LogP contribution in [0.25, 0.3) is 0 Å². The maximum atomic E-state index is 6.73. The van der Waals surface area contributed by atoms with Crippen LogP contribution >= 0.6 is 23.2 Å². The Kier molecular flexibility index (Phi) is 4.05. The molecule has 1 aromatic rings. The lowest BCUT2D eigenvalue weighted by atomic mass is 10.0. The molecule has 20 heavy (non-hydrogen) atoms. The highest BCUT2D eigenvalue weighted by molar-refractivity contribution is 6.33. The molecule has 0 bridgehead atoms. The van der Waals surface area contributed by atoms with E-state index in [1.54, 1.807) is 20.3 Å². The molecular formula is C16H20Cl2O2. The number of hydrogen-bond acceptors (Lipinski definition) is 2. The number of rotatable bonds is 4. The number of ether oxygens (including phenoxy) is 2. The second kappa shape index (κ2) is 5.65. The van der Waals surface area contributed by atoms with Crippen molar-refractivity contribution in [2.24, 2.45) is 17.8 Å². The zero-order valence-corrected chi connectivity index (χ0v) is 13.4. The SMILES string of the molecule is COc1cc(Cl)c(C(Cl)C2C3CCCCC32)cc1OC. The van der Waals surface area contributed by atoms with Crippen molar-refractivity contribution in [1.82, 2.24) is 0 Å². The Balaban J connectivity index is 1.86. The average molecular weight is 315 g/mol. The molecule has 4 heteroatoms. The van der Waals surface area contributed by atoms with Crippen LogP contribution in [0.4, 0.5) is 0 Å². The number of benzene rings is 1. The van der Waals surface area contributed by atoms with Crippen LogP contribution in [0.2, 0.25) is 5.02 Å². The summed E-state index contributed by atoms with van der Waals surface area (Å²) in [6, 6.07) is 3.74. The third kappa shape index (κ3) is 2.37. The van der Waals surface area contributed by atoms with Gasteiger partial charge in [0.15, 0.2) is 11.5 Å². The van der Waals surface area contributed by atoms with Crippen molar-refractivity contribution >= 4 is 23.2 Å². The minimum absolute atomic E-state index is 0.0181. The summed E-state index contributed by atoms with van der Waals surface area (Å²) in [5.41, 5.74) is 0.977. The largest absolute Gasteiger partial charge is 0.493 e. The standard InChI is InChI=1S/C16H20Cl2O2/c1-19-13-7-11(12(17)8-14(13)20-2)16(18)15-9-5-3-4-6-10(9)15/h7-10,15-16H,3-6H2,1-2H3. The maximum Gasteiger partial charge on any atom is 0.162 e. The van der Waals surface area contributed by atoms with Crippen LogP contribution in [0.1, 0.15) is 36.6 Å². The molecule has 0 saturated heterocycles. The van der Waals surface area contributed by atoms with E-state index in [2.05, 4.69) is 0 Å². The molecule has 2 saturated carbocycles. The molecule has 2 nitrogen and oxygen atoms in total. The van der Waals surface area contributed by atoms with Gasteiger partial charge in [-0.3, -0.25) is 0 Å². The van der Waals surface area contributed by atoms with Gasteiger partial charge in [0.2, 0.25) is 0 Å². The van der Waals surface area contributed by atoms with Crippen LogP contribution in [0.5, 0.6) is 11.5 Å². The first-order valence-corrected chi connectivity index (χ1v) is 8.04. The summed E-state index contributed by atoms with van der Waals surface area (Å²) >= 11 is 13.1. The normalized spacial score (nSPS) is 29.5. The Morgan fingerprint density at radius 1 is 1.05 bits per heavy atom. The van der Waals surface area contributed by atoms with E-state index in [0.29, 0.717) is 22.4 Å². The number of methoxy groups -OCH3 is 2. The Hall–Kier alpha value is -0.600. The molecule has 0 spiro atoms. The van der Waals surface area contributed by atoms with Crippen molar-refractivity contribution in [1.29, 1.82) is 0 Å². The summed E-state index contributed by atoms with van der Waals surface area (Å²) in [5, 5.41) is 0.654. The molecule has 0 aliphatic heterocycles. The highest BCUT2D eigenvalue weighted by Gasteiger charge is 2.54. The van der Waals surface area contributed by atoms with Gasteiger partial charge in [0.05, 0.1) is 19.6 Å². The van der Waals surface area contributed by atoms with Crippen LogP contribution in [0.3, 0.4) is 0 Å². The molecule has 2 aliphatic rings. The van der Waals surface area contributed by atoms with E-state index in [-0.39, 0.29) is 5.38 Å². The number of hydrogen-bond donors (Lipinski definition) is 0. The molecular weight excluding hydrogens is 295 g/mol. The predicted molar refractivity (Wildman–Crippen MR) is 82.1 cm³/mol. The van der Waals surface area contributed by atoms with Gasteiger partial charge in [0.25, 0.3) is 0 Å². The van der Waals surface area contributed by atoms with Crippen molar-refractivity contribution in [2.75, 3.05) is 14.2 Å². The molecule has 3 atom stereocenters. The Labute approximate surface area is 130 Å². The van der Waals surface area contributed by atoms with Crippen LogP contribution in [0.15, 0.2) is 12.1 Å². The quantitative estimate of drug-likeness (QED) is 0.722. The molecule has 110 valence electrons. The van der Waals surface area contributed by atoms with Gasteiger partial charge >= 0.3 is 0 Å². The molecule has 3 rings (SSSR count). The molecule has 0 heterocycles. The summed E-state index contributed by atoms with van der Waals surface area (Å²) in [5.74, 6) is 3.53. The van der Waals surface area contributed by atoms with Gasteiger partial charge in [-0.05, 0) is 42.2 Å². The average Bonchev–Trinajstić information content (AvgIpc) is 3.20. The Morgan fingerprint density at radius 2 is 1.60 bits per heavy atom. The van der Waals surface area contributed by atoms with Gasteiger partial charge in [-0.15, -0.1) is 11.6 Å². The van der Waals surface area contributed by atoms with E-state index in [1.807, 2.05) is 6.07 Å². The first-order valence-electron chi connectivity index (χ1n) is 7.23. The first-order chi connectivity index (χ1) is 9.67. The topological polar surface area (TPSA) is 18.5 Å². The van der Waals surface area contributed by atoms with E-state index >= 15 is 0 Å². The van der Waals surface area contributed by atoms with Gasteiger partial charge in [-0.2, -0.15) is 0 Å². The third-order valence-electron chi connectivity index (χ3n) is 4.86. The van der Waals surface area contributed by atoms with Gasteiger partial charge in [-0.25, -0.2) is 0 Å². The fourth-order valence-corrected chi connectivity index (χ4v) is 4.65. The van der Waals surface area contributed by atoms with Crippen molar-refractivity contribution < 1.29 is 9.47 Å². The summed E-state index contributed by atoms with van der Waals surface area (Å²) in [6.45, 7) is 0. The number of alkyl halides is 1. The van der Waals surface area contributed by atoms with Crippen molar-refractivity contribution in [3.8, 4) is 11.5 Å². The number of fused-ring (bicyclic) bond motifs is 1. The fraction of sp³-hybridized carbons (Fsp3) is 0.625. The highest BCUT2D eigenvalue weighted by atomic mass is 35.5. The van der Waals surface area contributed by atoms with E-state index in [1.165, 1.54) is 25.7 Å². The second-order valence-corrected chi connectivity index (χ2v) is 6.70. The molecule has 2 aliphatic carbocycles. The van der Waals surface area contributed by atoms with Crippen LogP contribution in [-0.2, 0) is 0 Å². The Bertz CT molecular complexity index is 491. The molecule has 2 fully saturated rings. The summed E-state index contributed by atoms with van der Waals surface area (Å²) in [7, 11) is 3.25. The molecule has 3 unspecified atom stereocenters. The van der Waals surface area contributed by atoms with Gasteiger partial charge in [-0.1, -0.05) is 24.4 Å². The van der Waals surface area contributed by atoms with Crippen LogP contribution in [-0.4, -0.2) is 14.2 Å². The fourth-order valence-electron chi connectivity index (χ4n) is 3.77. The highest BCUT2D eigenvalue weighted by Crippen LogP contribution is 2.63. The van der Waals surface area contributed by atoms with E-state index < -0.39 is 0 Å². The van der Waals surface area contributed by atoms with Crippen molar-refractivity contribution in [2.45, 2.75) is 31.1 Å². The lowest BCUT2D eigenvalue weighted by Gasteiger charge is -2.15. The van der Waals surface area contributed by atoms with Crippen molar-refractivity contribution in [3.05, 3.63) is 22.7 Å². The maximum absolute atomic E-state index is 6.73. The van der Waals surface area contributed by atoms with E-state index in [0.717, 1.165) is 17.4 Å². The lowest BCUT2D eigenvalue weighted by molar-refractivity contribution is 0.354. The third-order valence-corrected chi connectivity index (χ3v) is 5.71. The van der Waals surface area contributed by atoms with E-state index in [4.69, 9.17) is 32.7 Å². The van der Waals surface area contributed by atoms with E-state index in [9.17, 15) is 0 Å². The van der Waals surface area contributed by atoms with Gasteiger partial charge in [0, 0.05) is 11.1 Å². The summed E-state index contributed by atoms with van der Waals surface area (Å²) in [6.07, 6.45) is 5.34. The zero-order chi connectivity index (χ0) is 14.3. The summed E-state index contributed by atoms with van der Waals surface area (Å²) < 4.78 is 10.6.